The summed E-state index contributed by atoms with van der Waals surface area (Å²) in [5.41, 5.74) is 7.15. The quantitative estimate of drug-likeness (QED) is 0.335. The molecule has 30 heavy (non-hydrogen) atoms. The first-order valence-corrected chi connectivity index (χ1v) is 12.0. The fourth-order valence-corrected chi connectivity index (χ4v) is 4.16. The van der Waals surface area contributed by atoms with Crippen molar-refractivity contribution in [1.82, 2.24) is 0 Å². The molecule has 0 amide bonds. The van der Waals surface area contributed by atoms with Crippen LogP contribution in [0.25, 0.3) is 0 Å². The highest BCUT2D eigenvalue weighted by molar-refractivity contribution is 5.43. The lowest BCUT2D eigenvalue weighted by Gasteiger charge is -2.27. The Morgan fingerprint density at radius 2 is 1.83 bits per heavy atom. The summed E-state index contributed by atoms with van der Waals surface area (Å²) in [7, 11) is 1.69. The summed E-state index contributed by atoms with van der Waals surface area (Å²) in [6, 6.07) is 6.17. The maximum absolute atomic E-state index is 9.75. The van der Waals surface area contributed by atoms with E-state index in [4.69, 9.17) is 15.2 Å². The van der Waals surface area contributed by atoms with Crippen molar-refractivity contribution in [3.63, 3.8) is 0 Å². The Balaban J connectivity index is 1.75. The van der Waals surface area contributed by atoms with Crippen LogP contribution in [0.3, 0.4) is 0 Å². The van der Waals surface area contributed by atoms with Gasteiger partial charge in [-0.15, -0.1) is 0 Å². The SMILES string of the molecule is COc1cc(CCC(N)(CO)CC2CC2)ccc1OCCCC(C)CCCC(C)C. The lowest BCUT2D eigenvalue weighted by atomic mass is 9.88. The van der Waals surface area contributed by atoms with Gasteiger partial charge >= 0.3 is 0 Å². The monoisotopic (exact) mass is 419 g/mol. The zero-order chi connectivity index (χ0) is 22.0. The molecule has 0 saturated heterocycles. The molecule has 3 N–H and O–H groups in total. The molecule has 2 unspecified atom stereocenters. The molecule has 1 saturated carbocycles. The highest BCUT2D eigenvalue weighted by atomic mass is 16.5. The molecular formula is C26H45NO3. The molecule has 4 nitrogen and oxygen atoms in total. The number of nitrogens with two attached hydrogens (primary N) is 1. The molecule has 0 spiro atoms. The van der Waals surface area contributed by atoms with E-state index in [1.165, 1.54) is 44.1 Å². The summed E-state index contributed by atoms with van der Waals surface area (Å²) in [5.74, 6) is 3.87. The standard InChI is InChI=1S/C26H45NO3/c1-20(2)7-5-8-21(3)9-6-16-30-24-13-12-22(17-25(24)29-4)14-15-26(27,19-28)18-23-10-11-23/h12-13,17,20-21,23,28H,5-11,14-16,18-19,27H2,1-4H3. The number of hydrogen-bond acceptors (Lipinski definition) is 4. The lowest BCUT2D eigenvalue weighted by molar-refractivity contribution is 0.172. The molecule has 1 aliphatic carbocycles. The number of aryl methyl sites for hydroxylation is 1. The van der Waals surface area contributed by atoms with Gasteiger partial charge in [-0.1, -0.05) is 58.9 Å². The van der Waals surface area contributed by atoms with E-state index in [0.717, 1.165) is 55.6 Å². The van der Waals surface area contributed by atoms with E-state index in [1.54, 1.807) is 7.11 Å². The average Bonchev–Trinajstić information content (AvgIpc) is 3.53. The van der Waals surface area contributed by atoms with E-state index in [0.29, 0.717) is 5.92 Å². The summed E-state index contributed by atoms with van der Waals surface area (Å²) < 4.78 is 11.6. The molecule has 4 heteroatoms. The Kier molecular flexibility index (Phi) is 10.5. The van der Waals surface area contributed by atoms with Crippen molar-refractivity contribution in [2.24, 2.45) is 23.5 Å². The van der Waals surface area contributed by atoms with E-state index in [-0.39, 0.29) is 6.61 Å². The van der Waals surface area contributed by atoms with E-state index in [2.05, 4.69) is 32.9 Å². The van der Waals surface area contributed by atoms with E-state index >= 15 is 0 Å². The minimum absolute atomic E-state index is 0.0533. The third kappa shape index (κ3) is 9.26. The molecule has 1 fully saturated rings. The Hall–Kier alpha value is -1.26. The van der Waals surface area contributed by atoms with Crippen LogP contribution in [-0.4, -0.2) is 31.0 Å². The van der Waals surface area contributed by atoms with Crippen LogP contribution in [0, 0.1) is 17.8 Å². The van der Waals surface area contributed by atoms with Crippen molar-refractivity contribution in [1.29, 1.82) is 0 Å². The first-order valence-electron chi connectivity index (χ1n) is 12.0. The van der Waals surface area contributed by atoms with Crippen LogP contribution < -0.4 is 15.2 Å². The van der Waals surface area contributed by atoms with Gasteiger partial charge in [0.25, 0.3) is 0 Å². The number of aliphatic hydroxyl groups is 1. The number of benzene rings is 1. The van der Waals surface area contributed by atoms with Gasteiger partial charge in [0.1, 0.15) is 0 Å². The number of aliphatic hydroxyl groups excluding tert-OH is 1. The third-order valence-corrected chi connectivity index (χ3v) is 6.42. The van der Waals surface area contributed by atoms with Gasteiger partial charge < -0.3 is 20.3 Å². The molecule has 0 radical (unpaired) electrons. The van der Waals surface area contributed by atoms with Crippen LogP contribution in [0.5, 0.6) is 11.5 Å². The van der Waals surface area contributed by atoms with Crippen molar-refractivity contribution in [3.8, 4) is 11.5 Å². The van der Waals surface area contributed by atoms with Gasteiger partial charge in [0.2, 0.25) is 0 Å². The van der Waals surface area contributed by atoms with Gasteiger partial charge in [-0.2, -0.15) is 0 Å². The predicted molar refractivity (Wildman–Crippen MR) is 125 cm³/mol. The van der Waals surface area contributed by atoms with E-state index in [1.807, 2.05) is 6.07 Å². The smallest absolute Gasteiger partial charge is 0.161 e. The number of hydrogen-bond donors (Lipinski definition) is 2. The first kappa shape index (κ1) is 25.0. The Bertz CT molecular complexity index is 614. The zero-order valence-corrected chi connectivity index (χ0v) is 19.8. The van der Waals surface area contributed by atoms with Crippen molar-refractivity contribution in [2.45, 2.75) is 90.5 Å². The average molecular weight is 420 g/mol. The van der Waals surface area contributed by atoms with E-state index < -0.39 is 5.54 Å². The highest BCUT2D eigenvalue weighted by Crippen LogP contribution is 2.37. The molecule has 0 bridgehead atoms. The molecular weight excluding hydrogens is 374 g/mol. The Labute approximate surface area is 184 Å². The minimum Gasteiger partial charge on any atom is -0.493 e. The van der Waals surface area contributed by atoms with Crippen LogP contribution in [0.2, 0.25) is 0 Å². The Morgan fingerprint density at radius 3 is 2.47 bits per heavy atom. The summed E-state index contributed by atoms with van der Waals surface area (Å²) in [4.78, 5) is 0. The summed E-state index contributed by atoms with van der Waals surface area (Å²) >= 11 is 0. The molecule has 1 aromatic carbocycles. The summed E-state index contributed by atoms with van der Waals surface area (Å²) in [6.45, 7) is 7.72. The van der Waals surface area contributed by atoms with Crippen molar-refractivity contribution in [2.75, 3.05) is 20.3 Å². The second-order valence-corrected chi connectivity index (χ2v) is 10.1. The molecule has 2 atom stereocenters. The maximum Gasteiger partial charge on any atom is 0.161 e. The van der Waals surface area contributed by atoms with Crippen LogP contribution >= 0.6 is 0 Å². The molecule has 172 valence electrons. The summed E-state index contributed by atoms with van der Waals surface area (Å²) in [5, 5.41) is 9.75. The second kappa shape index (κ2) is 12.6. The van der Waals surface area contributed by atoms with Crippen molar-refractivity contribution in [3.05, 3.63) is 23.8 Å². The minimum atomic E-state index is -0.463. The summed E-state index contributed by atoms with van der Waals surface area (Å²) in [6.07, 6.45) is 11.3. The normalized spacial score (nSPS) is 17.0. The molecule has 0 aromatic heterocycles. The fourth-order valence-electron chi connectivity index (χ4n) is 4.16. The molecule has 2 rings (SSSR count). The van der Waals surface area contributed by atoms with Gasteiger partial charge in [0, 0.05) is 5.54 Å². The second-order valence-electron chi connectivity index (χ2n) is 10.1. The zero-order valence-electron chi connectivity index (χ0n) is 19.8. The van der Waals surface area contributed by atoms with E-state index in [9.17, 15) is 5.11 Å². The Morgan fingerprint density at radius 1 is 1.10 bits per heavy atom. The lowest BCUT2D eigenvalue weighted by Crippen LogP contribution is -2.44. The molecule has 0 aliphatic heterocycles. The number of methoxy groups -OCH3 is 1. The van der Waals surface area contributed by atoms with Crippen LogP contribution in [-0.2, 0) is 6.42 Å². The van der Waals surface area contributed by atoms with Crippen LogP contribution in [0.15, 0.2) is 18.2 Å². The first-order chi connectivity index (χ1) is 14.3. The highest BCUT2D eigenvalue weighted by Gasteiger charge is 2.33. The van der Waals surface area contributed by atoms with Gasteiger partial charge in [-0.3, -0.25) is 0 Å². The maximum atomic E-state index is 9.75. The number of rotatable bonds is 16. The van der Waals surface area contributed by atoms with Crippen molar-refractivity contribution >= 4 is 0 Å². The van der Waals surface area contributed by atoms with Gasteiger partial charge in [-0.25, -0.2) is 0 Å². The van der Waals surface area contributed by atoms with Crippen molar-refractivity contribution < 1.29 is 14.6 Å². The van der Waals surface area contributed by atoms with Gasteiger partial charge in [0.15, 0.2) is 11.5 Å². The fraction of sp³-hybridized carbons (Fsp3) is 0.769. The predicted octanol–water partition coefficient (Wildman–Crippen LogP) is 5.74. The molecule has 0 heterocycles. The molecule has 1 aromatic rings. The van der Waals surface area contributed by atoms with Crippen LogP contribution in [0.4, 0.5) is 0 Å². The topological polar surface area (TPSA) is 64.7 Å². The van der Waals surface area contributed by atoms with Gasteiger partial charge in [-0.05, 0) is 67.6 Å². The van der Waals surface area contributed by atoms with Crippen LogP contribution in [0.1, 0.15) is 84.1 Å². The third-order valence-electron chi connectivity index (χ3n) is 6.42. The number of ether oxygens (including phenoxy) is 2. The van der Waals surface area contributed by atoms with Gasteiger partial charge in [0.05, 0.1) is 20.3 Å². The largest absolute Gasteiger partial charge is 0.493 e. The molecule has 1 aliphatic rings.